The van der Waals surface area contributed by atoms with Gasteiger partial charge in [0.05, 0.1) is 11.5 Å². The lowest BCUT2D eigenvalue weighted by Crippen LogP contribution is -2.43. The van der Waals surface area contributed by atoms with Crippen LogP contribution < -0.4 is 5.32 Å². The molecule has 1 atom stereocenters. The minimum atomic E-state index is -0.406. The fraction of sp³-hybridized carbons (Fsp3) is 0.412. The van der Waals surface area contributed by atoms with Crippen LogP contribution in [-0.4, -0.2) is 36.0 Å². The Kier molecular flexibility index (Phi) is 5.33. The average Bonchev–Trinajstić information content (AvgIpc) is 3.03. The highest BCUT2D eigenvalue weighted by Gasteiger charge is 2.20. The van der Waals surface area contributed by atoms with E-state index in [-0.39, 0.29) is 5.69 Å². The summed E-state index contributed by atoms with van der Waals surface area (Å²) in [4.78, 5) is 12.8. The smallest absolute Gasteiger partial charge is 0.270 e. The van der Waals surface area contributed by atoms with E-state index in [0.717, 1.165) is 31.0 Å². The molecule has 0 radical (unpaired) electrons. The Balaban J connectivity index is 1.72. The second kappa shape index (κ2) is 7.46. The van der Waals surface area contributed by atoms with Crippen molar-refractivity contribution in [1.29, 1.82) is 0 Å². The predicted octanol–water partition coefficient (Wildman–Crippen LogP) is 3.80. The van der Waals surface area contributed by atoms with E-state index in [1.807, 2.05) is 19.2 Å². The molecule has 2 heterocycles. The van der Waals surface area contributed by atoms with Crippen LogP contribution in [0.2, 0.25) is 0 Å². The van der Waals surface area contributed by atoms with Gasteiger partial charge in [-0.1, -0.05) is 0 Å². The maximum Gasteiger partial charge on any atom is 0.270 e. The lowest BCUT2D eigenvalue weighted by molar-refractivity contribution is -0.384. The number of benzene rings is 1. The number of non-ortho nitro benzene ring substituents is 1. The van der Waals surface area contributed by atoms with Gasteiger partial charge in [0, 0.05) is 34.8 Å². The highest BCUT2D eigenvalue weighted by molar-refractivity contribution is 9.10. The van der Waals surface area contributed by atoms with Gasteiger partial charge in [-0.25, -0.2) is 0 Å². The molecule has 0 saturated carbocycles. The number of halogens is 1. The molecule has 1 saturated heterocycles. The molecular weight excluding hydrogens is 374 g/mol. The van der Waals surface area contributed by atoms with E-state index in [2.05, 4.69) is 26.1 Å². The first-order chi connectivity index (χ1) is 11.6. The van der Waals surface area contributed by atoms with Crippen molar-refractivity contribution >= 4 is 21.6 Å². The molecule has 1 aromatic carbocycles. The van der Waals surface area contributed by atoms with Gasteiger partial charge in [-0.2, -0.15) is 0 Å². The molecule has 7 heteroatoms. The van der Waals surface area contributed by atoms with Crippen LogP contribution in [0.15, 0.2) is 39.2 Å². The van der Waals surface area contributed by atoms with Crippen LogP contribution in [0, 0.1) is 10.1 Å². The van der Waals surface area contributed by atoms with Crippen molar-refractivity contribution in [2.75, 3.05) is 20.1 Å². The van der Waals surface area contributed by atoms with Crippen molar-refractivity contribution in [3.05, 3.63) is 50.7 Å². The highest BCUT2D eigenvalue weighted by atomic mass is 79.9. The third-order valence-corrected chi connectivity index (χ3v) is 5.04. The molecule has 6 nitrogen and oxygen atoms in total. The second-order valence-corrected chi connectivity index (χ2v) is 6.90. The number of rotatable bonds is 5. The molecule has 0 amide bonds. The summed E-state index contributed by atoms with van der Waals surface area (Å²) in [5.41, 5.74) is 0.877. The van der Waals surface area contributed by atoms with Crippen LogP contribution in [0.5, 0.6) is 0 Å². The normalized spacial score (nSPS) is 18.7. The fourth-order valence-corrected chi connectivity index (χ4v) is 3.64. The van der Waals surface area contributed by atoms with Gasteiger partial charge in [-0.15, -0.1) is 0 Å². The fourth-order valence-electron chi connectivity index (χ4n) is 3.08. The van der Waals surface area contributed by atoms with Crippen LogP contribution in [0.1, 0.15) is 18.6 Å². The van der Waals surface area contributed by atoms with Gasteiger partial charge < -0.3 is 9.73 Å². The van der Waals surface area contributed by atoms with Gasteiger partial charge in [0.1, 0.15) is 11.5 Å². The monoisotopic (exact) mass is 393 g/mol. The van der Waals surface area contributed by atoms with Crippen molar-refractivity contribution in [3.63, 3.8) is 0 Å². The number of hydrogen-bond acceptors (Lipinski definition) is 5. The Morgan fingerprint density at radius 1 is 1.42 bits per heavy atom. The molecule has 1 aliphatic heterocycles. The maximum absolute atomic E-state index is 10.8. The molecule has 1 unspecified atom stereocenters. The third-order valence-electron chi connectivity index (χ3n) is 4.38. The number of likely N-dealkylation sites (tertiary alicyclic amines) is 1. The van der Waals surface area contributed by atoms with Gasteiger partial charge >= 0.3 is 0 Å². The second-order valence-electron chi connectivity index (χ2n) is 6.05. The Bertz CT molecular complexity index is 732. The lowest BCUT2D eigenvalue weighted by Gasteiger charge is -2.31. The Labute approximate surface area is 149 Å². The number of nitro groups is 1. The molecule has 1 fully saturated rings. The van der Waals surface area contributed by atoms with E-state index in [1.165, 1.54) is 25.0 Å². The third kappa shape index (κ3) is 3.85. The Morgan fingerprint density at radius 2 is 2.25 bits per heavy atom. The highest BCUT2D eigenvalue weighted by Crippen LogP contribution is 2.32. The Morgan fingerprint density at radius 3 is 2.96 bits per heavy atom. The number of nitrogens with one attached hydrogen (secondary N) is 1. The molecule has 1 aliphatic rings. The molecule has 3 rings (SSSR count). The van der Waals surface area contributed by atoms with Crippen LogP contribution in [0.4, 0.5) is 5.69 Å². The number of furan rings is 1. The van der Waals surface area contributed by atoms with Gasteiger partial charge in [0.15, 0.2) is 0 Å². The summed E-state index contributed by atoms with van der Waals surface area (Å²) in [5.74, 6) is 1.63. The van der Waals surface area contributed by atoms with Crippen LogP contribution >= 0.6 is 15.9 Å². The minimum Gasteiger partial charge on any atom is -0.460 e. The summed E-state index contributed by atoms with van der Waals surface area (Å²) in [5, 5.41) is 14.2. The summed E-state index contributed by atoms with van der Waals surface area (Å²) >= 11 is 3.39. The quantitative estimate of drug-likeness (QED) is 0.617. The van der Waals surface area contributed by atoms with E-state index < -0.39 is 4.92 Å². The van der Waals surface area contributed by atoms with E-state index in [0.29, 0.717) is 16.3 Å². The van der Waals surface area contributed by atoms with E-state index in [9.17, 15) is 10.1 Å². The van der Waals surface area contributed by atoms with Gasteiger partial charge in [0.25, 0.3) is 5.69 Å². The summed E-state index contributed by atoms with van der Waals surface area (Å²) in [7, 11) is 2.01. The molecule has 0 bridgehead atoms. The van der Waals surface area contributed by atoms with Crippen LogP contribution in [-0.2, 0) is 6.54 Å². The SMILES string of the molecule is CNC1CCCN(Cc2ccc(-c3ccc([N+](=O)[O-])cc3Br)o2)C1. The summed E-state index contributed by atoms with van der Waals surface area (Å²) < 4.78 is 6.62. The standard InChI is InChI=1S/C17H20BrN3O3/c1-19-12-3-2-8-20(10-12)11-14-5-7-17(24-14)15-6-4-13(21(22)23)9-16(15)18/h4-7,9,12,19H,2-3,8,10-11H2,1H3. The molecule has 1 aromatic heterocycles. The molecule has 1 N–H and O–H groups in total. The van der Waals surface area contributed by atoms with Gasteiger partial charge in [-0.05, 0) is 60.6 Å². The number of nitro benzene ring substituents is 1. The van der Waals surface area contributed by atoms with E-state index >= 15 is 0 Å². The van der Waals surface area contributed by atoms with Crippen molar-refractivity contribution in [1.82, 2.24) is 10.2 Å². The van der Waals surface area contributed by atoms with E-state index in [4.69, 9.17) is 4.42 Å². The Hall–Kier alpha value is -1.70. The molecule has 0 aliphatic carbocycles. The van der Waals surface area contributed by atoms with Crippen molar-refractivity contribution in [2.24, 2.45) is 0 Å². The summed E-state index contributed by atoms with van der Waals surface area (Å²) in [6, 6.07) is 9.14. The minimum absolute atomic E-state index is 0.0591. The van der Waals surface area contributed by atoms with Gasteiger partial charge in [0.2, 0.25) is 0 Å². The van der Waals surface area contributed by atoms with Crippen molar-refractivity contribution < 1.29 is 9.34 Å². The van der Waals surface area contributed by atoms with E-state index in [1.54, 1.807) is 6.07 Å². The molecular formula is C17H20BrN3O3. The first-order valence-electron chi connectivity index (χ1n) is 7.99. The zero-order chi connectivity index (χ0) is 17.1. The van der Waals surface area contributed by atoms with Gasteiger partial charge in [-0.3, -0.25) is 15.0 Å². The maximum atomic E-state index is 10.8. The summed E-state index contributed by atoms with van der Waals surface area (Å²) in [6.45, 7) is 2.88. The largest absolute Gasteiger partial charge is 0.460 e. The van der Waals surface area contributed by atoms with Crippen LogP contribution in [0.3, 0.4) is 0 Å². The van der Waals surface area contributed by atoms with Crippen molar-refractivity contribution in [2.45, 2.75) is 25.4 Å². The molecule has 2 aromatic rings. The lowest BCUT2D eigenvalue weighted by atomic mass is 10.1. The predicted molar refractivity (Wildman–Crippen MR) is 95.9 cm³/mol. The van der Waals surface area contributed by atoms with Crippen LogP contribution in [0.25, 0.3) is 11.3 Å². The first-order valence-corrected chi connectivity index (χ1v) is 8.79. The zero-order valence-electron chi connectivity index (χ0n) is 13.5. The first kappa shape index (κ1) is 17.1. The number of piperidine rings is 1. The molecule has 0 spiro atoms. The topological polar surface area (TPSA) is 71.5 Å². The summed E-state index contributed by atoms with van der Waals surface area (Å²) in [6.07, 6.45) is 2.40. The van der Waals surface area contributed by atoms with Crippen molar-refractivity contribution in [3.8, 4) is 11.3 Å². The molecule has 128 valence electrons. The zero-order valence-corrected chi connectivity index (χ0v) is 15.1. The number of nitrogens with zero attached hydrogens (tertiary/aromatic N) is 2. The molecule has 24 heavy (non-hydrogen) atoms. The number of likely N-dealkylation sites (N-methyl/N-ethyl adjacent to an activating group) is 1. The number of hydrogen-bond donors (Lipinski definition) is 1. The average molecular weight is 394 g/mol.